The Kier molecular flexibility index (Phi) is 6.80. The van der Waals surface area contributed by atoms with E-state index in [1.54, 1.807) is 44.4 Å². The van der Waals surface area contributed by atoms with E-state index in [0.29, 0.717) is 34.6 Å². The van der Waals surface area contributed by atoms with Crippen LogP contribution in [-0.4, -0.2) is 30.4 Å². The van der Waals surface area contributed by atoms with Crippen LogP contribution in [0.1, 0.15) is 11.1 Å². The summed E-state index contributed by atoms with van der Waals surface area (Å²) in [4.78, 5) is 12.3. The lowest BCUT2D eigenvalue weighted by Gasteiger charge is -2.14. The minimum Gasteiger partial charge on any atom is -0.438 e. The Hall–Kier alpha value is -4.19. The van der Waals surface area contributed by atoms with Crippen molar-refractivity contribution < 1.29 is 26.3 Å². The van der Waals surface area contributed by atoms with Gasteiger partial charge >= 0.3 is 6.18 Å². The van der Waals surface area contributed by atoms with Crippen LogP contribution in [0.25, 0.3) is 11.3 Å². The Bertz CT molecular complexity index is 1510. The van der Waals surface area contributed by atoms with E-state index in [-0.39, 0.29) is 11.6 Å². The van der Waals surface area contributed by atoms with Gasteiger partial charge in [-0.25, -0.2) is 23.4 Å². The highest BCUT2D eigenvalue weighted by molar-refractivity contribution is 7.92. The molecule has 0 spiro atoms. The molecule has 4 rings (SSSR count). The lowest BCUT2D eigenvalue weighted by molar-refractivity contribution is -0.137. The Morgan fingerprint density at radius 2 is 1.75 bits per heavy atom. The number of halogens is 3. The van der Waals surface area contributed by atoms with Gasteiger partial charge in [-0.15, -0.1) is 0 Å². The SMILES string of the molecule is CNc1nccc(-c2cccnc2Oc2cc(NS(=O)(=O)c3cccc(C(F)(F)F)c3)ccc2C)n1. The molecule has 2 heterocycles. The average molecular weight is 516 g/mol. The number of pyridine rings is 1. The minimum absolute atomic E-state index is 0.102. The summed E-state index contributed by atoms with van der Waals surface area (Å²) in [6, 6.07) is 13.2. The number of rotatable bonds is 7. The Labute approximate surface area is 205 Å². The molecule has 0 bridgehead atoms. The van der Waals surface area contributed by atoms with Gasteiger partial charge < -0.3 is 10.1 Å². The zero-order chi connectivity index (χ0) is 25.9. The van der Waals surface area contributed by atoms with Gasteiger partial charge in [-0.2, -0.15) is 13.2 Å². The minimum atomic E-state index is -4.67. The number of ether oxygens (including phenoxy) is 1. The number of sulfonamides is 1. The second kappa shape index (κ2) is 9.82. The third-order valence-corrected chi connectivity index (χ3v) is 6.42. The zero-order valence-corrected chi connectivity index (χ0v) is 19.9. The molecule has 2 N–H and O–H groups in total. The second-order valence-corrected chi connectivity index (χ2v) is 9.27. The summed E-state index contributed by atoms with van der Waals surface area (Å²) in [5.41, 5.74) is 0.839. The first-order valence-electron chi connectivity index (χ1n) is 10.5. The van der Waals surface area contributed by atoms with Crippen LogP contribution in [0.4, 0.5) is 24.8 Å². The molecule has 0 unspecified atom stereocenters. The molecule has 8 nitrogen and oxygen atoms in total. The summed E-state index contributed by atoms with van der Waals surface area (Å²) in [6.07, 6.45) is -1.55. The highest BCUT2D eigenvalue weighted by Gasteiger charge is 2.31. The Balaban J connectivity index is 1.64. The molecule has 0 aliphatic carbocycles. The van der Waals surface area contributed by atoms with E-state index in [9.17, 15) is 21.6 Å². The fraction of sp³-hybridized carbons (Fsp3) is 0.125. The van der Waals surface area contributed by atoms with E-state index in [1.807, 2.05) is 0 Å². The van der Waals surface area contributed by atoms with Crippen LogP contribution in [-0.2, 0) is 16.2 Å². The maximum absolute atomic E-state index is 13.0. The van der Waals surface area contributed by atoms with E-state index < -0.39 is 26.7 Å². The van der Waals surface area contributed by atoms with Crippen molar-refractivity contribution >= 4 is 21.7 Å². The first-order valence-corrected chi connectivity index (χ1v) is 12.0. The van der Waals surface area contributed by atoms with Gasteiger partial charge in [-0.3, -0.25) is 4.72 Å². The van der Waals surface area contributed by atoms with Gasteiger partial charge in [0.15, 0.2) is 0 Å². The first kappa shape index (κ1) is 24.9. The molecule has 0 amide bonds. The van der Waals surface area contributed by atoms with E-state index >= 15 is 0 Å². The summed E-state index contributed by atoms with van der Waals surface area (Å²) in [5, 5.41) is 2.86. The summed E-state index contributed by atoms with van der Waals surface area (Å²) >= 11 is 0. The van der Waals surface area contributed by atoms with Gasteiger partial charge in [0, 0.05) is 25.5 Å². The zero-order valence-electron chi connectivity index (χ0n) is 19.0. The number of anilines is 2. The number of aromatic nitrogens is 3. The summed E-state index contributed by atoms with van der Waals surface area (Å²) in [5.74, 6) is 0.922. The average Bonchev–Trinajstić information content (AvgIpc) is 2.86. The Morgan fingerprint density at radius 3 is 2.50 bits per heavy atom. The van der Waals surface area contributed by atoms with Gasteiger partial charge in [0.05, 0.1) is 27.4 Å². The number of nitrogens with one attached hydrogen (secondary N) is 2. The van der Waals surface area contributed by atoms with Crippen LogP contribution in [0.3, 0.4) is 0 Å². The lowest BCUT2D eigenvalue weighted by atomic mass is 10.2. The molecule has 0 atom stereocenters. The summed E-state index contributed by atoms with van der Waals surface area (Å²) < 4.78 is 73.0. The molecule has 0 radical (unpaired) electrons. The van der Waals surface area contributed by atoms with Crippen molar-refractivity contribution in [1.29, 1.82) is 0 Å². The van der Waals surface area contributed by atoms with Crippen LogP contribution in [0.5, 0.6) is 11.6 Å². The molecule has 0 aliphatic rings. The monoisotopic (exact) mass is 515 g/mol. The number of benzene rings is 2. The van der Waals surface area contributed by atoms with Crippen LogP contribution < -0.4 is 14.8 Å². The van der Waals surface area contributed by atoms with E-state index in [0.717, 1.165) is 18.2 Å². The molecule has 2 aromatic carbocycles. The summed E-state index contributed by atoms with van der Waals surface area (Å²) in [7, 11) is -2.61. The van der Waals surface area contributed by atoms with Gasteiger partial charge in [0.1, 0.15) is 5.75 Å². The molecular formula is C24H20F3N5O3S. The normalized spacial score (nSPS) is 11.7. The fourth-order valence-corrected chi connectivity index (χ4v) is 4.32. The van der Waals surface area contributed by atoms with Crippen LogP contribution in [0.15, 0.2) is 78.0 Å². The quantitative estimate of drug-likeness (QED) is 0.335. The van der Waals surface area contributed by atoms with E-state index in [4.69, 9.17) is 4.74 Å². The predicted octanol–water partition coefficient (Wildman–Crippen LogP) is 5.50. The van der Waals surface area contributed by atoms with Crippen molar-refractivity contribution in [2.45, 2.75) is 18.0 Å². The standard InChI is InChI=1S/C24H20F3N5O3S/c1-15-8-9-17(32-36(33,34)18-6-3-5-16(13-18)24(25,26)27)14-21(15)35-22-19(7-4-11-29-22)20-10-12-30-23(28-2)31-20/h3-14,32H,1-2H3,(H,28,30,31). The van der Waals surface area contributed by atoms with Gasteiger partial charge in [-0.05, 0) is 55.0 Å². The van der Waals surface area contributed by atoms with Crippen molar-refractivity contribution in [1.82, 2.24) is 15.0 Å². The van der Waals surface area contributed by atoms with Crippen LogP contribution in [0, 0.1) is 6.92 Å². The Morgan fingerprint density at radius 1 is 0.944 bits per heavy atom. The van der Waals surface area contributed by atoms with Crippen LogP contribution >= 0.6 is 0 Å². The molecule has 186 valence electrons. The molecule has 12 heteroatoms. The highest BCUT2D eigenvalue weighted by Crippen LogP contribution is 2.34. The number of hydrogen-bond acceptors (Lipinski definition) is 7. The molecule has 0 aliphatic heterocycles. The highest BCUT2D eigenvalue weighted by atomic mass is 32.2. The van der Waals surface area contributed by atoms with Crippen LogP contribution in [0.2, 0.25) is 0 Å². The van der Waals surface area contributed by atoms with Crippen molar-refractivity contribution in [2.75, 3.05) is 17.1 Å². The smallest absolute Gasteiger partial charge is 0.416 e. The first-order chi connectivity index (χ1) is 17.1. The molecule has 0 saturated carbocycles. The number of aryl methyl sites for hydroxylation is 1. The van der Waals surface area contributed by atoms with Gasteiger partial charge in [0.25, 0.3) is 10.0 Å². The number of hydrogen-bond donors (Lipinski definition) is 2. The maximum atomic E-state index is 13.0. The molecule has 2 aromatic heterocycles. The number of nitrogens with zero attached hydrogens (tertiary/aromatic N) is 3. The topological polar surface area (TPSA) is 106 Å². The molecule has 4 aromatic rings. The van der Waals surface area contributed by atoms with Gasteiger partial charge in [0.2, 0.25) is 11.8 Å². The predicted molar refractivity (Wildman–Crippen MR) is 128 cm³/mol. The fourth-order valence-electron chi connectivity index (χ4n) is 3.23. The van der Waals surface area contributed by atoms with E-state index in [1.165, 1.54) is 18.3 Å². The second-order valence-electron chi connectivity index (χ2n) is 7.59. The number of alkyl halides is 3. The van der Waals surface area contributed by atoms with Crippen molar-refractivity contribution in [2.24, 2.45) is 0 Å². The molecular weight excluding hydrogens is 495 g/mol. The molecule has 0 fully saturated rings. The molecule has 36 heavy (non-hydrogen) atoms. The third kappa shape index (κ3) is 5.54. The largest absolute Gasteiger partial charge is 0.438 e. The summed E-state index contributed by atoms with van der Waals surface area (Å²) in [6.45, 7) is 1.76. The van der Waals surface area contributed by atoms with Crippen molar-refractivity contribution in [3.63, 3.8) is 0 Å². The van der Waals surface area contributed by atoms with E-state index in [2.05, 4.69) is 25.0 Å². The van der Waals surface area contributed by atoms with Crippen molar-refractivity contribution in [3.05, 3.63) is 84.2 Å². The third-order valence-electron chi connectivity index (χ3n) is 5.04. The maximum Gasteiger partial charge on any atom is 0.416 e. The van der Waals surface area contributed by atoms with Crippen molar-refractivity contribution in [3.8, 4) is 22.9 Å². The van der Waals surface area contributed by atoms with Gasteiger partial charge in [-0.1, -0.05) is 12.1 Å². The lowest BCUT2D eigenvalue weighted by Crippen LogP contribution is -2.14. The molecule has 0 saturated heterocycles.